The smallest absolute Gasteiger partial charge is 0.241 e. The summed E-state index contributed by atoms with van der Waals surface area (Å²) >= 11 is 0. The largest absolute Gasteiger partial charge is 0.326 e. The van der Waals surface area contributed by atoms with Crippen molar-refractivity contribution in [3.8, 4) is 0 Å². The van der Waals surface area contributed by atoms with Crippen molar-refractivity contribution in [1.29, 1.82) is 0 Å². The van der Waals surface area contributed by atoms with E-state index in [0.29, 0.717) is 22.7 Å². The molecule has 2 fully saturated rings. The number of nitrogens with zero attached hydrogens (tertiary/aromatic N) is 1. The van der Waals surface area contributed by atoms with Gasteiger partial charge in [-0.1, -0.05) is 41.0 Å². The Bertz CT molecular complexity index is 334. The Hall–Kier alpha value is -0.570. The molecule has 2 rings (SSSR count). The van der Waals surface area contributed by atoms with Gasteiger partial charge in [0.25, 0.3) is 0 Å². The summed E-state index contributed by atoms with van der Waals surface area (Å²) in [5, 5.41) is 3.42. The zero-order valence-electron chi connectivity index (χ0n) is 12.7. The van der Waals surface area contributed by atoms with Crippen LogP contribution < -0.4 is 5.32 Å². The van der Waals surface area contributed by atoms with Crippen LogP contribution >= 0.6 is 0 Å². The van der Waals surface area contributed by atoms with Gasteiger partial charge < -0.3 is 4.90 Å². The van der Waals surface area contributed by atoms with Crippen molar-refractivity contribution in [3.05, 3.63) is 0 Å². The Morgan fingerprint density at radius 3 is 2.22 bits per heavy atom. The molecule has 1 N–H and O–H groups in total. The zero-order valence-corrected chi connectivity index (χ0v) is 12.7. The maximum Gasteiger partial charge on any atom is 0.241 e. The summed E-state index contributed by atoms with van der Waals surface area (Å²) in [6.45, 7) is 14.4. The molecule has 1 saturated carbocycles. The second kappa shape index (κ2) is 4.22. The van der Waals surface area contributed by atoms with Gasteiger partial charge in [0.1, 0.15) is 0 Å². The van der Waals surface area contributed by atoms with Crippen molar-refractivity contribution in [2.45, 2.75) is 66.6 Å². The maximum absolute atomic E-state index is 12.4. The fourth-order valence-corrected chi connectivity index (χ4v) is 3.57. The van der Waals surface area contributed by atoms with Gasteiger partial charge in [-0.15, -0.1) is 0 Å². The molecule has 1 aliphatic carbocycles. The van der Waals surface area contributed by atoms with Crippen LogP contribution in [-0.2, 0) is 4.79 Å². The van der Waals surface area contributed by atoms with Crippen molar-refractivity contribution in [2.75, 3.05) is 6.54 Å². The van der Waals surface area contributed by atoms with Crippen molar-refractivity contribution >= 4 is 5.91 Å². The van der Waals surface area contributed by atoms with Crippen LogP contribution in [0.5, 0.6) is 0 Å². The Morgan fingerprint density at radius 2 is 1.78 bits per heavy atom. The van der Waals surface area contributed by atoms with Gasteiger partial charge in [0, 0.05) is 6.54 Å². The minimum absolute atomic E-state index is 0.0509. The second-order valence-corrected chi connectivity index (χ2v) is 7.17. The van der Waals surface area contributed by atoms with E-state index in [4.69, 9.17) is 0 Å². The minimum atomic E-state index is 0.0509. The molecule has 2 atom stereocenters. The maximum atomic E-state index is 12.4. The predicted octanol–water partition coefficient (Wildman–Crippen LogP) is 2.62. The highest BCUT2D eigenvalue weighted by molar-refractivity contribution is 5.84. The van der Waals surface area contributed by atoms with Gasteiger partial charge in [-0.25, -0.2) is 0 Å². The molecule has 0 bridgehead atoms. The molecule has 1 amide bonds. The van der Waals surface area contributed by atoms with Crippen LogP contribution in [0.2, 0.25) is 0 Å². The lowest BCUT2D eigenvalue weighted by atomic mass is 10.0. The summed E-state index contributed by atoms with van der Waals surface area (Å²) < 4.78 is 0. The zero-order chi connectivity index (χ0) is 13.7. The fraction of sp³-hybridized carbons (Fsp3) is 0.933. The molecule has 1 saturated heterocycles. The molecule has 0 spiro atoms. The van der Waals surface area contributed by atoms with E-state index in [1.54, 1.807) is 0 Å². The van der Waals surface area contributed by atoms with Gasteiger partial charge in [0.05, 0.1) is 12.2 Å². The lowest BCUT2D eigenvalue weighted by Crippen LogP contribution is -2.37. The number of nitrogens with one attached hydrogen (secondary N) is 1. The number of rotatable bonds is 4. The average Bonchev–Trinajstić information content (AvgIpc) is 2.49. The van der Waals surface area contributed by atoms with Gasteiger partial charge in [0.2, 0.25) is 5.91 Å². The van der Waals surface area contributed by atoms with E-state index in [0.717, 1.165) is 19.4 Å². The third-order valence-electron chi connectivity index (χ3n) is 5.77. The Morgan fingerprint density at radius 1 is 1.22 bits per heavy atom. The van der Waals surface area contributed by atoms with E-state index >= 15 is 0 Å². The van der Waals surface area contributed by atoms with E-state index < -0.39 is 0 Å². The highest BCUT2D eigenvalue weighted by atomic mass is 16.2. The molecule has 3 nitrogen and oxygen atoms in total. The van der Waals surface area contributed by atoms with Gasteiger partial charge in [-0.05, 0) is 30.1 Å². The number of hydrogen-bond acceptors (Lipinski definition) is 2. The van der Waals surface area contributed by atoms with Gasteiger partial charge in [-0.3, -0.25) is 10.1 Å². The monoisotopic (exact) mass is 252 g/mol. The summed E-state index contributed by atoms with van der Waals surface area (Å²) in [6.07, 6.45) is 2.21. The standard InChI is InChI=1S/C15H28N2O/c1-7-8-11-13(18)17(10(2)16-11)9-12-14(3,4)15(12,5)6/h10-12,16H,7-9H2,1-6H3. The van der Waals surface area contributed by atoms with Crippen LogP contribution in [-0.4, -0.2) is 29.6 Å². The van der Waals surface area contributed by atoms with Gasteiger partial charge >= 0.3 is 0 Å². The molecule has 0 aromatic carbocycles. The highest BCUT2D eigenvalue weighted by Gasteiger charge is 2.65. The summed E-state index contributed by atoms with van der Waals surface area (Å²) in [7, 11) is 0. The predicted molar refractivity (Wildman–Crippen MR) is 74.1 cm³/mol. The summed E-state index contributed by atoms with van der Waals surface area (Å²) in [5.74, 6) is 0.932. The van der Waals surface area contributed by atoms with Crippen molar-refractivity contribution in [3.63, 3.8) is 0 Å². The molecule has 2 unspecified atom stereocenters. The van der Waals surface area contributed by atoms with Gasteiger partial charge in [0.15, 0.2) is 0 Å². The quantitative estimate of drug-likeness (QED) is 0.834. The van der Waals surface area contributed by atoms with Crippen LogP contribution in [0.1, 0.15) is 54.4 Å². The summed E-state index contributed by atoms with van der Waals surface area (Å²) in [4.78, 5) is 14.4. The van der Waals surface area contributed by atoms with Crippen LogP contribution in [0.4, 0.5) is 0 Å². The first-order valence-electron chi connectivity index (χ1n) is 7.30. The molecule has 0 aromatic heterocycles. The van der Waals surface area contributed by atoms with E-state index in [-0.39, 0.29) is 12.2 Å². The second-order valence-electron chi connectivity index (χ2n) is 7.17. The Labute approximate surface area is 111 Å². The average molecular weight is 252 g/mol. The molecule has 0 aromatic rings. The van der Waals surface area contributed by atoms with E-state index in [1.807, 2.05) is 0 Å². The third kappa shape index (κ3) is 1.87. The molecule has 18 heavy (non-hydrogen) atoms. The summed E-state index contributed by atoms with van der Waals surface area (Å²) in [5.41, 5.74) is 0.714. The van der Waals surface area contributed by atoms with Crippen LogP contribution in [0.15, 0.2) is 0 Å². The molecule has 3 heteroatoms. The molecule has 1 aliphatic heterocycles. The normalized spacial score (nSPS) is 34.1. The first-order chi connectivity index (χ1) is 8.23. The summed E-state index contributed by atoms with van der Waals surface area (Å²) in [6, 6.07) is 0.0509. The fourth-order valence-electron chi connectivity index (χ4n) is 3.57. The highest BCUT2D eigenvalue weighted by Crippen LogP contribution is 2.68. The van der Waals surface area contributed by atoms with Crippen molar-refractivity contribution < 1.29 is 4.79 Å². The Kier molecular flexibility index (Phi) is 3.25. The molecule has 1 heterocycles. The van der Waals surface area contributed by atoms with E-state index in [1.165, 1.54) is 0 Å². The lowest BCUT2D eigenvalue weighted by Gasteiger charge is -2.22. The van der Waals surface area contributed by atoms with E-state index in [9.17, 15) is 4.79 Å². The number of amides is 1. The molecule has 0 radical (unpaired) electrons. The van der Waals surface area contributed by atoms with Crippen LogP contribution in [0, 0.1) is 16.7 Å². The number of carbonyl (C=O) groups excluding carboxylic acids is 1. The van der Waals surface area contributed by atoms with E-state index in [2.05, 4.69) is 51.8 Å². The first kappa shape index (κ1) is 13.9. The Balaban J connectivity index is 2.01. The van der Waals surface area contributed by atoms with Crippen LogP contribution in [0.25, 0.3) is 0 Å². The van der Waals surface area contributed by atoms with Crippen molar-refractivity contribution in [1.82, 2.24) is 10.2 Å². The van der Waals surface area contributed by atoms with Gasteiger partial charge in [-0.2, -0.15) is 0 Å². The SMILES string of the molecule is CCCC1NC(C)N(CC2C(C)(C)C2(C)C)C1=O. The first-order valence-corrected chi connectivity index (χ1v) is 7.30. The van der Waals surface area contributed by atoms with Crippen molar-refractivity contribution in [2.24, 2.45) is 16.7 Å². The molecular weight excluding hydrogens is 224 g/mol. The third-order valence-corrected chi connectivity index (χ3v) is 5.77. The molecule has 2 aliphatic rings. The van der Waals surface area contributed by atoms with Crippen LogP contribution in [0.3, 0.4) is 0 Å². The topological polar surface area (TPSA) is 32.3 Å². The lowest BCUT2D eigenvalue weighted by molar-refractivity contribution is -0.130. The number of carbonyl (C=O) groups is 1. The minimum Gasteiger partial charge on any atom is -0.326 e. The number of hydrogen-bond donors (Lipinski definition) is 1. The molecule has 104 valence electrons. The molecular formula is C15H28N2O.